The Kier molecular flexibility index (Phi) is 4.06. The summed E-state index contributed by atoms with van der Waals surface area (Å²) < 4.78 is 27.4. The van der Waals surface area contributed by atoms with Gasteiger partial charge in [0.25, 0.3) is 10.2 Å². The van der Waals surface area contributed by atoms with Crippen LogP contribution in [0.3, 0.4) is 0 Å². The van der Waals surface area contributed by atoms with Crippen molar-refractivity contribution in [1.82, 2.24) is 9.03 Å². The van der Waals surface area contributed by atoms with Crippen LogP contribution >= 0.6 is 0 Å². The van der Waals surface area contributed by atoms with Gasteiger partial charge in [-0.05, 0) is 12.8 Å². The number of rotatable bonds is 7. The van der Waals surface area contributed by atoms with Crippen LogP contribution in [0.1, 0.15) is 26.2 Å². The Morgan fingerprint density at radius 2 is 2.20 bits per heavy atom. The van der Waals surface area contributed by atoms with Crippen LogP contribution in [0.15, 0.2) is 0 Å². The summed E-state index contributed by atoms with van der Waals surface area (Å²) in [5.74, 6) is 0.00933. The molecule has 0 heterocycles. The molecule has 0 saturated heterocycles. The lowest BCUT2D eigenvalue weighted by atomic mass is 10.4. The van der Waals surface area contributed by atoms with Gasteiger partial charge in [-0.1, -0.05) is 6.92 Å². The van der Waals surface area contributed by atoms with Gasteiger partial charge in [-0.25, -0.2) is 0 Å². The number of hydrogen-bond acceptors (Lipinski definition) is 3. The Morgan fingerprint density at radius 3 is 2.60 bits per heavy atom. The lowest BCUT2D eigenvalue weighted by Gasteiger charge is -2.20. The van der Waals surface area contributed by atoms with E-state index >= 15 is 0 Å². The average Bonchev–Trinajstić information content (AvgIpc) is 2.87. The number of hydrogen-bond donors (Lipinski definition) is 3. The van der Waals surface area contributed by atoms with Crippen molar-refractivity contribution in [2.45, 2.75) is 32.2 Å². The molecule has 1 aliphatic rings. The van der Waals surface area contributed by atoms with Crippen molar-refractivity contribution in [1.29, 1.82) is 5.41 Å². The number of nitrogens with one attached hydrogen (secondary N) is 2. The predicted molar refractivity (Wildman–Crippen MR) is 58.9 cm³/mol. The van der Waals surface area contributed by atoms with E-state index in [4.69, 9.17) is 11.1 Å². The summed E-state index contributed by atoms with van der Waals surface area (Å²) in [6.45, 7) is 2.44. The van der Waals surface area contributed by atoms with E-state index in [1.54, 1.807) is 6.92 Å². The zero-order valence-electron chi connectivity index (χ0n) is 8.86. The maximum atomic E-state index is 11.7. The predicted octanol–water partition coefficient (Wildman–Crippen LogP) is -0.369. The molecule has 88 valence electrons. The van der Waals surface area contributed by atoms with Crippen molar-refractivity contribution in [3.8, 4) is 0 Å². The molecule has 0 amide bonds. The van der Waals surface area contributed by atoms with Gasteiger partial charge in [0.05, 0.1) is 5.84 Å². The second-order valence-electron chi connectivity index (χ2n) is 3.66. The molecule has 0 bridgehead atoms. The average molecular weight is 234 g/mol. The van der Waals surface area contributed by atoms with Crippen molar-refractivity contribution < 1.29 is 8.42 Å². The third kappa shape index (κ3) is 4.15. The summed E-state index contributed by atoms with van der Waals surface area (Å²) in [5, 5.41) is 7.06. The fourth-order valence-corrected chi connectivity index (χ4v) is 2.66. The van der Waals surface area contributed by atoms with Gasteiger partial charge in [-0.15, -0.1) is 0 Å². The van der Waals surface area contributed by atoms with Gasteiger partial charge in [-0.3, -0.25) is 5.41 Å². The van der Waals surface area contributed by atoms with E-state index in [2.05, 4.69) is 4.72 Å². The number of nitrogens with zero attached hydrogens (tertiary/aromatic N) is 1. The Labute approximate surface area is 90.5 Å². The molecule has 15 heavy (non-hydrogen) atoms. The van der Waals surface area contributed by atoms with Crippen LogP contribution < -0.4 is 10.5 Å². The summed E-state index contributed by atoms with van der Waals surface area (Å²) >= 11 is 0. The third-order valence-corrected chi connectivity index (χ3v) is 3.97. The van der Waals surface area contributed by atoms with Crippen molar-refractivity contribution >= 4 is 16.0 Å². The van der Waals surface area contributed by atoms with E-state index in [9.17, 15) is 8.42 Å². The molecule has 0 aromatic carbocycles. The van der Waals surface area contributed by atoms with Crippen LogP contribution in [0.25, 0.3) is 0 Å². The maximum absolute atomic E-state index is 11.7. The lowest BCUT2D eigenvalue weighted by Crippen LogP contribution is -2.42. The summed E-state index contributed by atoms with van der Waals surface area (Å²) in [6.07, 6.45) is 2.12. The first-order chi connectivity index (χ1) is 6.95. The van der Waals surface area contributed by atoms with Gasteiger partial charge in [0.15, 0.2) is 0 Å². The quantitative estimate of drug-likeness (QED) is 0.414. The van der Waals surface area contributed by atoms with Crippen molar-refractivity contribution in [2.24, 2.45) is 5.73 Å². The Balaban J connectivity index is 2.50. The van der Waals surface area contributed by atoms with Crippen molar-refractivity contribution in [3.63, 3.8) is 0 Å². The van der Waals surface area contributed by atoms with Crippen LogP contribution in [0.5, 0.6) is 0 Å². The Morgan fingerprint density at radius 1 is 1.60 bits per heavy atom. The third-order valence-electron chi connectivity index (χ3n) is 2.22. The van der Waals surface area contributed by atoms with Gasteiger partial charge < -0.3 is 5.73 Å². The molecule has 4 N–H and O–H groups in total. The molecular weight excluding hydrogens is 216 g/mol. The molecule has 1 saturated carbocycles. The van der Waals surface area contributed by atoms with E-state index < -0.39 is 10.2 Å². The smallest absolute Gasteiger partial charge is 0.279 e. The number of amidine groups is 1. The molecule has 6 nitrogen and oxygen atoms in total. The normalized spacial score (nSPS) is 16.9. The highest BCUT2D eigenvalue weighted by atomic mass is 32.2. The molecule has 0 radical (unpaired) electrons. The molecule has 1 rings (SSSR count). The minimum atomic E-state index is -3.37. The highest BCUT2D eigenvalue weighted by molar-refractivity contribution is 7.87. The molecule has 0 aromatic heterocycles. The lowest BCUT2D eigenvalue weighted by molar-refractivity contribution is 0.426. The van der Waals surface area contributed by atoms with Gasteiger partial charge in [0.2, 0.25) is 0 Å². The summed E-state index contributed by atoms with van der Waals surface area (Å²) in [4.78, 5) is 0. The first-order valence-corrected chi connectivity index (χ1v) is 6.50. The zero-order chi connectivity index (χ0) is 11.5. The first kappa shape index (κ1) is 12.4. The van der Waals surface area contributed by atoms with Gasteiger partial charge >= 0.3 is 0 Å². The van der Waals surface area contributed by atoms with E-state index in [1.807, 2.05) is 0 Å². The van der Waals surface area contributed by atoms with E-state index in [1.165, 1.54) is 4.31 Å². The molecule has 1 aliphatic carbocycles. The van der Waals surface area contributed by atoms with E-state index in [0.29, 0.717) is 6.54 Å². The molecule has 0 unspecified atom stereocenters. The van der Waals surface area contributed by atoms with Gasteiger partial charge in [0, 0.05) is 25.6 Å². The Hall–Kier alpha value is -0.660. The topological polar surface area (TPSA) is 99.3 Å². The molecule has 0 aromatic rings. The van der Waals surface area contributed by atoms with Gasteiger partial charge in [0.1, 0.15) is 0 Å². The highest BCUT2D eigenvalue weighted by Crippen LogP contribution is 2.20. The fourth-order valence-electron chi connectivity index (χ4n) is 1.18. The fraction of sp³-hybridized carbons (Fsp3) is 0.875. The molecular formula is C8H18N4O2S. The standard InChI is InChI=1S/C8H18N4O2S/c1-2-12(6-5-8(9)10)15(13,14)11-7-3-4-7/h7,11H,2-6H2,1H3,(H3,9,10). The maximum Gasteiger partial charge on any atom is 0.279 e. The van der Waals surface area contributed by atoms with Crippen molar-refractivity contribution in [2.75, 3.05) is 13.1 Å². The highest BCUT2D eigenvalue weighted by Gasteiger charge is 2.30. The summed E-state index contributed by atoms with van der Waals surface area (Å²) in [7, 11) is -3.37. The Bertz CT molecular complexity index is 324. The summed E-state index contributed by atoms with van der Waals surface area (Å²) in [5.41, 5.74) is 5.19. The largest absolute Gasteiger partial charge is 0.388 e. The van der Waals surface area contributed by atoms with Crippen LogP contribution in [0.2, 0.25) is 0 Å². The van der Waals surface area contributed by atoms with Gasteiger partial charge in [-0.2, -0.15) is 17.4 Å². The van der Waals surface area contributed by atoms with Crippen molar-refractivity contribution in [3.05, 3.63) is 0 Å². The van der Waals surface area contributed by atoms with E-state index in [-0.39, 0.29) is 24.8 Å². The monoisotopic (exact) mass is 234 g/mol. The second kappa shape index (κ2) is 4.91. The SMILES string of the molecule is CCN(CCC(=N)N)S(=O)(=O)NC1CC1. The van der Waals surface area contributed by atoms with Crippen LogP contribution in [-0.4, -0.2) is 37.7 Å². The first-order valence-electron chi connectivity index (χ1n) is 5.06. The minimum absolute atomic E-state index is 0.00933. The molecule has 0 aliphatic heterocycles. The molecule has 1 fully saturated rings. The molecule has 7 heteroatoms. The minimum Gasteiger partial charge on any atom is -0.388 e. The van der Waals surface area contributed by atoms with Crippen LogP contribution in [0, 0.1) is 5.41 Å². The number of nitrogens with two attached hydrogens (primary N) is 1. The molecule has 0 atom stereocenters. The zero-order valence-corrected chi connectivity index (χ0v) is 9.68. The second-order valence-corrected chi connectivity index (χ2v) is 5.37. The van der Waals surface area contributed by atoms with Crippen LogP contribution in [0.4, 0.5) is 0 Å². The summed E-state index contributed by atoms with van der Waals surface area (Å²) in [6, 6.07) is 0.112. The van der Waals surface area contributed by atoms with E-state index in [0.717, 1.165) is 12.8 Å². The van der Waals surface area contributed by atoms with Crippen LogP contribution in [-0.2, 0) is 10.2 Å². The molecule has 0 spiro atoms.